The van der Waals surface area contributed by atoms with Crippen LogP contribution in [0.15, 0.2) is 52.6 Å². The summed E-state index contributed by atoms with van der Waals surface area (Å²) < 4.78 is 0. The summed E-state index contributed by atoms with van der Waals surface area (Å²) in [6.07, 6.45) is 7.46. The molecule has 0 spiro atoms. The highest BCUT2D eigenvalue weighted by Gasteiger charge is 2.38. The fourth-order valence-corrected chi connectivity index (χ4v) is 5.36. The van der Waals surface area contributed by atoms with Gasteiger partial charge in [-0.1, -0.05) is 6.10 Å². The van der Waals surface area contributed by atoms with E-state index < -0.39 is 17.6 Å². The summed E-state index contributed by atoms with van der Waals surface area (Å²) in [5.41, 5.74) is 0.471. The van der Waals surface area contributed by atoms with Crippen LogP contribution in [-0.4, -0.2) is 63.4 Å². The van der Waals surface area contributed by atoms with Crippen molar-refractivity contribution in [1.29, 1.82) is 0 Å². The van der Waals surface area contributed by atoms with Gasteiger partial charge in [-0.2, -0.15) is 0 Å². The molecule has 4 aliphatic rings. The van der Waals surface area contributed by atoms with Crippen molar-refractivity contribution in [2.24, 2.45) is 0 Å². The summed E-state index contributed by atoms with van der Waals surface area (Å²) in [7, 11) is 0. The minimum Gasteiger partial charge on any atom is -0.845 e. The number of phenols is 2. The Balaban J connectivity index is 1.47. The first-order valence-corrected chi connectivity index (χ1v) is 11.9. The van der Waals surface area contributed by atoms with Crippen LogP contribution in [0.2, 0.25) is 0 Å². The number of rotatable bonds is 3. The predicted octanol–water partition coefficient (Wildman–Crippen LogP) is 2.79. The number of ketones is 1. The number of likely N-dealkylation sites (tertiary alicyclic amines) is 1. The third kappa shape index (κ3) is 3.72. The van der Waals surface area contributed by atoms with E-state index in [1.165, 1.54) is 24.3 Å². The highest BCUT2D eigenvalue weighted by atomic mass is 16.3. The average Bonchev–Trinajstić information content (AvgIpc) is 2.84. The van der Waals surface area contributed by atoms with Crippen LogP contribution in [0.5, 0.6) is 11.5 Å². The number of nitrogens with zero attached hydrogens (tertiary/aromatic N) is 2. The largest absolute Gasteiger partial charge is 0.845 e. The molecule has 2 saturated heterocycles. The molecule has 1 aromatic carbocycles. The zero-order chi connectivity index (χ0) is 24.0. The molecule has 0 radical (unpaired) electrons. The minimum absolute atomic E-state index is 0.140. The van der Waals surface area contributed by atoms with Crippen molar-refractivity contribution < 1.29 is 30.3 Å². The van der Waals surface area contributed by atoms with Gasteiger partial charge in [0.2, 0.25) is 0 Å². The van der Waals surface area contributed by atoms with Gasteiger partial charge in [0, 0.05) is 67.4 Å². The molecule has 1 unspecified atom stereocenters. The molecule has 2 aliphatic carbocycles. The molecule has 8 heteroatoms. The van der Waals surface area contributed by atoms with E-state index in [2.05, 4.69) is 4.90 Å². The first-order chi connectivity index (χ1) is 16.4. The van der Waals surface area contributed by atoms with E-state index in [9.17, 15) is 30.3 Å². The number of phenolic OH excluding ortho intramolecular Hbond substituents is 2. The maximum atomic E-state index is 13.1. The number of benzene rings is 1. The average molecular weight is 466 g/mol. The molecule has 0 saturated carbocycles. The first kappa shape index (κ1) is 22.4. The van der Waals surface area contributed by atoms with E-state index in [4.69, 9.17) is 0 Å². The Morgan fingerprint density at radius 1 is 0.765 bits per heavy atom. The molecule has 34 heavy (non-hydrogen) atoms. The van der Waals surface area contributed by atoms with Gasteiger partial charge >= 0.3 is 0 Å². The fraction of sp³-hybridized carbons (Fsp3) is 0.423. The van der Waals surface area contributed by atoms with Crippen molar-refractivity contribution in [3.8, 4) is 11.5 Å². The van der Waals surface area contributed by atoms with Crippen molar-refractivity contribution in [2.75, 3.05) is 31.1 Å². The number of hydrogen-bond donors (Lipinski definition) is 4. The third-order valence-corrected chi connectivity index (χ3v) is 7.16. The highest BCUT2D eigenvalue weighted by Crippen LogP contribution is 2.49. The van der Waals surface area contributed by atoms with Crippen molar-refractivity contribution in [1.82, 2.24) is 4.90 Å². The third-order valence-electron chi connectivity index (χ3n) is 7.16. The molecule has 2 heterocycles. The van der Waals surface area contributed by atoms with Gasteiger partial charge in [0.25, 0.3) is 0 Å². The minimum atomic E-state index is -1.70. The van der Waals surface area contributed by atoms with E-state index in [0.29, 0.717) is 11.4 Å². The lowest BCUT2D eigenvalue weighted by atomic mass is 9.76. The van der Waals surface area contributed by atoms with Crippen LogP contribution >= 0.6 is 0 Å². The summed E-state index contributed by atoms with van der Waals surface area (Å²) in [6, 6.07) is 2.96. The number of piperidine rings is 2. The Kier molecular flexibility index (Phi) is 5.77. The number of allylic oxidation sites excluding steroid dienone is 3. The second kappa shape index (κ2) is 8.76. The van der Waals surface area contributed by atoms with Gasteiger partial charge in [0.05, 0.1) is 11.1 Å². The molecule has 0 aromatic heterocycles. The zero-order valence-electron chi connectivity index (χ0n) is 19.0. The highest BCUT2D eigenvalue weighted by molar-refractivity contribution is 6.11. The number of carbonyl (C=O) groups is 1. The Hall–Kier alpha value is -3.39. The molecule has 2 fully saturated rings. The van der Waals surface area contributed by atoms with Gasteiger partial charge in [-0.3, -0.25) is 4.79 Å². The topological polar surface area (TPSA) is 128 Å². The molecular weight excluding hydrogens is 436 g/mol. The van der Waals surface area contributed by atoms with Gasteiger partial charge in [-0.25, -0.2) is 0 Å². The number of aromatic hydroxyl groups is 2. The predicted molar refractivity (Wildman–Crippen MR) is 125 cm³/mol. The SMILES string of the molecule is O=C1C=C(N2CCCCC2)C=C(O)/C1=C1/C(O)=C(c2c(O)cc(N3CCCCC3)cc2O)C1[O-]. The molecule has 0 amide bonds. The standard InChI is InChI=1S/C26H29N2O6/c29-17-11-15(27-7-3-1-4-8-27)12-18(30)21(17)23-25(33)24(26(23)34)22-19(31)13-16(14-20(22)32)28-9-5-2-6-10-28/h11-14,25,29-31,34H,1-10H2/q-1/b24-22-. The van der Waals surface area contributed by atoms with E-state index in [0.717, 1.165) is 64.7 Å². The van der Waals surface area contributed by atoms with Crippen molar-refractivity contribution >= 4 is 17.0 Å². The van der Waals surface area contributed by atoms with Gasteiger partial charge in [-0.15, -0.1) is 0 Å². The van der Waals surface area contributed by atoms with E-state index in [1.807, 2.05) is 4.90 Å². The second-order valence-corrected chi connectivity index (χ2v) is 9.35. The first-order valence-electron chi connectivity index (χ1n) is 11.9. The molecule has 1 aromatic rings. The second-order valence-electron chi connectivity index (χ2n) is 9.35. The van der Waals surface area contributed by atoms with Crippen LogP contribution < -0.4 is 10.0 Å². The van der Waals surface area contributed by atoms with Crippen LogP contribution in [0.1, 0.15) is 44.1 Å². The summed E-state index contributed by atoms with van der Waals surface area (Å²) in [5.74, 6) is -2.02. The Bertz CT molecular complexity index is 1130. The maximum absolute atomic E-state index is 13.1. The van der Waals surface area contributed by atoms with Crippen LogP contribution in [0, 0.1) is 0 Å². The van der Waals surface area contributed by atoms with Crippen molar-refractivity contribution in [3.05, 3.63) is 58.2 Å². The smallest absolute Gasteiger partial charge is 0.192 e. The molecule has 5 rings (SSSR count). The molecule has 180 valence electrons. The molecular formula is C26H29N2O6-. The Labute approximate surface area is 198 Å². The Morgan fingerprint density at radius 3 is 1.85 bits per heavy atom. The monoisotopic (exact) mass is 465 g/mol. The lowest BCUT2D eigenvalue weighted by Crippen LogP contribution is -2.41. The van der Waals surface area contributed by atoms with Crippen molar-refractivity contribution in [3.63, 3.8) is 0 Å². The quantitative estimate of drug-likeness (QED) is 0.502. The molecule has 8 nitrogen and oxygen atoms in total. The molecule has 0 bridgehead atoms. The van der Waals surface area contributed by atoms with Crippen molar-refractivity contribution in [2.45, 2.75) is 44.6 Å². The summed E-state index contributed by atoms with van der Waals surface area (Å²) in [4.78, 5) is 16.9. The summed E-state index contributed by atoms with van der Waals surface area (Å²) in [6.45, 7) is 3.21. The number of aliphatic hydroxyl groups excluding tert-OH is 2. The van der Waals surface area contributed by atoms with E-state index in [1.54, 1.807) is 0 Å². The van der Waals surface area contributed by atoms with Crippen LogP contribution in [0.3, 0.4) is 0 Å². The van der Waals surface area contributed by atoms with Gasteiger partial charge in [0.15, 0.2) is 5.78 Å². The molecule has 4 N–H and O–H groups in total. The van der Waals surface area contributed by atoms with E-state index >= 15 is 0 Å². The lowest BCUT2D eigenvalue weighted by Gasteiger charge is -2.41. The number of anilines is 1. The molecule has 1 atom stereocenters. The number of carbonyl (C=O) groups excluding carboxylic acids is 1. The van der Waals surface area contributed by atoms with E-state index in [-0.39, 0.29) is 39.5 Å². The zero-order valence-corrected chi connectivity index (χ0v) is 19.0. The fourth-order valence-electron chi connectivity index (χ4n) is 5.36. The maximum Gasteiger partial charge on any atom is 0.192 e. The van der Waals surface area contributed by atoms with Gasteiger partial charge < -0.3 is 35.3 Å². The van der Waals surface area contributed by atoms with Gasteiger partial charge in [-0.05, 0) is 44.1 Å². The van der Waals surface area contributed by atoms with Crippen LogP contribution in [-0.2, 0) is 4.79 Å². The lowest BCUT2D eigenvalue weighted by molar-refractivity contribution is -0.390. The summed E-state index contributed by atoms with van der Waals surface area (Å²) in [5, 5.41) is 55.7. The number of hydrogen-bond acceptors (Lipinski definition) is 8. The normalized spacial score (nSPS) is 25.8. The Morgan fingerprint density at radius 2 is 1.32 bits per heavy atom. The summed E-state index contributed by atoms with van der Waals surface area (Å²) >= 11 is 0. The number of aliphatic hydroxyl groups is 2. The van der Waals surface area contributed by atoms with Crippen LogP contribution in [0.4, 0.5) is 5.69 Å². The molecule has 2 aliphatic heterocycles. The van der Waals surface area contributed by atoms with Crippen LogP contribution in [0.25, 0.3) is 5.57 Å². The van der Waals surface area contributed by atoms with Gasteiger partial charge in [0.1, 0.15) is 23.0 Å².